The molecule has 0 unspecified atom stereocenters. The molecule has 1 saturated heterocycles. The summed E-state index contributed by atoms with van der Waals surface area (Å²) in [7, 11) is 0. The molecule has 1 atom stereocenters. The number of thioether (sulfide) groups is 1. The van der Waals surface area contributed by atoms with E-state index >= 15 is 0 Å². The number of piperazine rings is 1. The van der Waals surface area contributed by atoms with Gasteiger partial charge in [-0.3, -0.25) is 19.1 Å². The normalized spacial score (nSPS) is 22.1. The third kappa shape index (κ3) is 3.18. The largest absolute Gasteiger partial charge is 0.349 e. The molecule has 0 aliphatic carbocycles. The Morgan fingerprint density at radius 1 is 1.25 bits per heavy atom. The summed E-state index contributed by atoms with van der Waals surface area (Å²) >= 11 is 1.88. The van der Waals surface area contributed by atoms with E-state index in [-0.39, 0.29) is 5.56 Å². The van der Waals surface area contributed by atoms with Crippen LogP contribution in [0.4, 0.5) is 0 Å². The van der Waals surface area contributed by atoms with Gasteiger partial charge in [-0.25, -0.2) is 4.98 Å². The molecule has 2 aliphatic rings. The number of nitrogens with zero attached hydrogens (tertiary/aromatic N) is 5. The van der Waals surface area contributed by atoms with Crippen molar-refractivity contribution in [3.8, 4) is 0 Å². The highest BCUT2D eigenvalue weighted by atomic mass is 32.2. The molecule has 0 aromatic carbocycles. The molecule has 0 amide bonds. The second kappa shape index (κ2) is 6.57. The summed E-state index contributed by atoms with van der Waals surface area (Å²) in [5.41, 5.74) is 1.55. The van der Waals surface area contributed by atoms with E-state index in [2.05, 4.69) is 26.7 Å². The van der Waals surface area contributed by atoms with Gasteiger partial charge in [0.05, 0.1) is 12.2 Å². The van der Waals surface area contributed by atoms with Crippen LogP contribution in [-0.2, 0) is 6.54 Å². The Balaban J connectivity index is 1.41. The van der Waals surface area contributed by atoms with Crippen LogP contribution in [0.25, 0.3) is 5.65 Å². The summed E-state index contributed by atoms with van der Waals surface area (Å²) in [5, 5.41) is 1.80. The third-order valence-corrected chi connectivity index (χ3v) is 5.59. The number of rotatable bonds is 2. The first kappa shape index (κ1) is 15.7. The third-order valence-electron chi connectivity index (χ3n) is 4.44. The number of amidine groups is 1. The summed E-state index contributed by atoms with van der Waals surface area (Å²) in [6.45, 7) is 7.82. The molecule has 24 heavy (non-hydrogen) atoms. The number of aliphatic imine (C=N–C) groups is 1. The maximum atomic E-state index is 12.2. The fourth-order valence-corrected chi connectivity index (χ4v) is 4.14. The highest BCUT2D eigenvalue weighted by molar-refractivity contribution is 8.14. The fourth-order valence-electron chi connectivity index (χ4n) is 3.15. The van der Waals surface area contributed by atoms with Crippen molar-refractivity contribution in [3.63, 3.8) is 0 Å². The van der Waals surface area contributed by atoms with E-state index in [0.717, 1.165) is 45.0 Å². The van der Waals surface area contributed by atoms with E-state index in [1.807, 2.05) is 30.0 Å². The average Bonchev–Trinajstić information content (AvgIpc) is 3.02. The van der Waals surface area contributed by atoms with E-state index in [9.17, 15) is 4.79 Å². The Morgan fingerprint density at radius 3 is 2.83 bits per heavy atom. The van der Waals surface area contributed by atoms with Gasteiger partial charge in [0.2, 0.25) is 0 Å². The second-order valence-corrected chi connectivity index (χ2v) is 7.74. The number of pyridine rings is 1. The Bertz CT molecular complexity index is 825. The molecular formula is C17H21N5OS. The van der Waals surface area contributed by atoms with Crippen molar-refractivity contribution in [2.45, 2.75) is 18.7 Å². The van der Waals surface area contributed by atoms with Crippen LogP contribution in [0.5, 0.6) is 0 Å². The van der Waals surface area contributed by atoms with Crippen LogP contribution in [0.3, 0.4) is 0 Å². The Hall–Kier alpha value is -1.86. The minimum atomic E-state index is -0.0139. The highest BCUT2D eigenvalue weighted by Crippen LogP contribution is 2.23. The molecule has 2 aromatic heterocycles. The van der Waals surface area contributed by atoms with Crippen molar-refractivity contribution in [2.24, 2.45) is 4.99 Å². The van der Waals surface area contributed by atoms with Gasteiger partial charge in [0.1, 0.15) is 5.65 Å². The van der Waals surface area contributed by atoms with E-state index in [0.29, 0.717) is 10.9 Å². The lowest BCUT2D eigenvalue weighted by atomic mass is 10.3. The van der Waals surface area contributed by atoms with Crippen molar-refractivity contribution >= 4 is 22.6 Å². The van der Waals surface area contributed by atoms with Crippen molar-refractivity contribution in [3.05, 3.63) is 46.5 Å². The van der Waals surface area contributed by atoms with Gasteiger partial charge in [-0.2, -0.15) is 0 Å². The van der Waals surface area contributed by atoms with Crippen molar-refractivity contribution in [1.29, 1.82) is 0 Å². The topological polar surface area (TPSA) is 53.2 Å². The van der Waals surface area contributed by atoms with Gasteiger partial charge in [-0.05, 0) is 12.1 Å². The van der Waals surface area contributed by atoms with Crippen LogP contribution in [0, 0.1) is 0 Å². The highest BCUT2D eigenvalue weighted by Gasteiger charge is 2.24. The fraction of sp³-hybridized carbons (Fsp3) is 0.471. The summed E-state index contributed by atoms with van der Waals surface area (Å²) in [5.74, 6) is 0. The first-order valence-corrected chi connectivity index (χ1v) is 9.23. The van der Waals surface area contributed by atoms with Gasteiger partial charge in [0, 0.05) is 50.2 Å². The lowest BCUT2D eigenvalue weighted by Gasteiger charge is -2.35. The quantitative estimate of drug-likeness (QED) is 0.823. The smallest absolute Gasteiger partial charge is 0.258 e. The number of hydrogen-bond acceptors (Lipinski definition) is 6. The van der Waals surface area contributed by atoms with E-state index < -0.39 is 0 Å². The van der Waals surface area contributed by atoms with Crippen LogP contribution >= 0.6 is 11.8 Å². The summed E-state index contributed by atoms with van der Waals surface area (Å²) in [6.07, 6.45) is 1.76. The van der Waals surface area contributed by atoms with Gasteiger partial charge < -0.3 is 4.90 Å². The van der Waals surface area contributed by atoms with E-state index in [1.54, 1.807) is 16.7 Å². The number of aromatic nitrogens is 2. The van der Waals surface area contributed by atoms with Gasteiger partial charge in [0.15, 0.2) is 5.17 Å². The molecule has 1 fully saturated rings. The van der Waals surface area contributed by atoms with Crippen LogP contribution in [0.2, 0.25) is 0 Å². The molecule has 4 rings (SSSR count). The zero-order valence-corrected chi connectivity index (χ0v) is 14.6. The monoisotopic (exact) mass is 343 g/mol. The lowest BCUT2D eigenvalue weighted by molar-refractivity contribution is 0.176. The lowest BCUT2D eigenvalue weighted by Crippen LogP contribution is -2.47. The van der Waals surface area contributed by atoms with Crippen molar-refractivity contribution in [1.82, 2.24) is 19.2 Å². The predicted octanol–water partition coefficient (Wildman–Crippen LogP) is 1.30. The zero-order valence-electron chi connectivity index (χ0n) is 13.8. The standard InChI is InChI=1S/C17H21N5OS/c1-13-11-18-17(24-13)21-8-6-20(7-9-21)12-14-10-16(23)22-5-3-2-4-15(22)19-14/h2-5,10,13H,6-9,11-12H2,1H3/t13-/m0/s1. The maximum Gasteiger partial charge on any atom is 0.258 e. The molecule has 126 valence electrons. The van der Waals surface area contributed by atoms with Crippen molar-refractivity contribution in [2.75, 3.05) is 32.7 Å². The molecule has 0 radical (unpaired) electrons. The maximum absolute atomic E-state index is 12.2. The molecule has 0 bridgehead atoms. The first-order chi connectivity index (χ1) is 11.7. The predicted molar refractivity (Wildman–Crippen MR) is 97.7 cm³/mol. The Labute approximate surface area is 145 Å². The molecule has 2 aliphatic heterocycles. The molecular weight excluding hydrogens is 322 g/mol. The molecule has 6 nitrogen and oxygen atoms in total. The molecule has 0 N–H and O–H groups in total. The summed E-state index contributed by atoms with van der Waals surface area (Å²) in [6, 6.07) is 7.28. The molecule has 0 saturated carbocycles. The van der Waals surface area contributed by atoms with Gasteiger partial charge in [0.25, 0.3) is 5.56 Å². The van der Waals surface area contributed by atoms with Crippen LogP contribution in [0.15, 0.2) is 40.2 Å². The van der Waals surface area contributed by atoms with E-state index in [1.165, 1.54) is 5.17 Å². The van der Waals surface area contributed by atoms with Crippen LogP contribution < -0.4 is 5.56 Å². The minimum Gasteiger partial charge on any atom is -0.349 e. The first-order valence-electron chi connectivity index (χ1n) is 8.35. The van der Waals surface area contributed by atoms with Crippen molar-refractivity contribution < 1.29 is 0 Å². The van der Waals surface area contributed by atoms with Gasteiger partial charge in [-0.1, -0.05) is 24.8 Å². The van der Waals surface area contributed by atoms with Crippen LogP contribution in [0.1, 0.15) is 12.6 Å². The Kier molecular flexibility index (Phi) is 4.28. The van der Waals surface area contributed by atoms with E-state index in [4.69, 9.17) is 0 Å². The number of hydrogen-bond donors (Lipinski definition) is 0. The SMILES string of the molecule is C[C@H]1CN=C(N2CCN(Cc3cc(=O)n4ccccc4n3)CC2)S1. The molecule has 4 heterocycles. The summed E-state index contributed by atoms with van der Waals surface area (Å²) in [4.78, 5) is 26.2. The Morgan fingerprint density at radius 2 is 2.08 bits per heavy atom. The van der Waals surface area contributed by atoms with Crippen LogP contribution in [-0.4, -0.2) is 62.3 Å². The molecule has 7 heteroatoms. The molecule has 0 spiro atoms. The minimum absolute atomic E-state index is 0.0139. The summed E-state index contributed by atoms with van der Waals surface area (Å²) < 4.78 is 1.58. The molecule has 2 aromatic rings. The van der Waals surface area contributed by atoms with Gasteiger partial charge >= 0.3 is 0 Å². The van der Waals surface area contributed by atoms with Gasteiger partial charge in [-0.15, -0.1) is 0 Å². The zero-order chi connectivity index (χ0) is 16.5. The average molecular weight is 343 g/mol. The number of fused-ring (bicyclic) bond motifs is 1. The second-order valence-electron chi connectivity index (χ2n) is 6.33.